The molecule has 3 aromatic rings. The monoisotopic (exact) mass is 498 g/mol. The Kier molecular flexibility index (Phi) is 5.71. The summed E-state index contributed by atoms with van der Waals surface area (Å²) < 4.78 is 19.4. The number of benzene rings is 2. The second-order valence-electron chi connectivity index (χ2n) is 8.86. The Labute approximate surface area is 194 Å². The van der Waals surface area contributed by atoms with Gasteiger partial charge in [0.05, 0.1) is 21.8 Å². The van der Waals surface area contributed by atoms with Crippen LogP contribution in [0.15, 0.2) is 53.1 Å². The predicted octanol–water partition coefficient (Wildman–Crippen LogP) is 5.80. The largest absolute Gasteiger partial charge is 0.459 e. The van der Waals surface area contributed by atoms with E-state index in [1.165, 1.54) is 23.1 Å². The molecule has 2 aromatic carbocycles. The van der Waals surface area contributed by atoms with Crippen LogP contribution in [0, 0.1) is 5.82 Å². The Hall–Kier alpha value is -2.93. The maximum absolute atomic E-state index is 13.7. The van der Waals surface area contributed by atoms with Crippen LogP contribution in [0.3, 0.4) is 0 Å². The minimum absolute atomic E-state index is 0.206. The summed E-state index contributed by atoms with van der Waals surface area (Å²) in [6.07, 6.45) is 1.23. The van der Waals surface area contributed by atoms with Gasteiger partial charge in [0.15, 0.2) is 0 Å². The summed E-state index contributed by atoms with van der Waals surface area (Å²) in [5.41, 5.74) is 2.63. The molecule has 0 radical (unpaired) electrons. The van der Waals surface area contributed by atoms with Crippen LogP contribution in [0.4, 0.5) is 4.39 Å². The zero-order valence-electron chi connectivity index (χ0n) is 18.3. The van der Waals surface area contributed by atoms with E-state index in [1.54, 1.807) is 20.0 Å². The van der Waals surface area contributed by atoms with Crippen molar-refractivity contribution in [3.63, 3.8) is 0 Å². The Morgan fingerprint density at radius 1 is 1.19 bits per heavy atom. The minimum atomic E-state index is -0.511. The Morgan fingerprint density at radius 2 is 1.91 bits per heavy atom. The molecular formula is C25H24BrFN2O3. The lowest BCUT2D eigenvalue weighted by Crippen LogP contribution is -2.37. The number of nitrogens with one attached hydrogen (secondary N) is 1. The van der Waals surface area contributed by atoms with Crippen molar-refractivity contribution in [2.75, 3.05) is 6.54 Å². The van der Waals surface area contributed by atoms with E-state index in [9.17, 15) is 14.0 Å². The smallest absolute Gasteiger partial charge is 0.342 e. The zero-order chi connectivity index (χ0) is 23.2. The van der Waals surface area contributed by atoms with Gasteiger partial charge >= 0.3 is 5.97 Å². The van der Waals surface area contributed by atoms with Gasteiger partial charge in [0.2, 0.25) is 0 Å². The van der Waals surface area contributed by atoms with Crippen LogP contribution < -0.4 is 0 Å². The van der Waals surface area contributed by atoms with Gasteiger partial charge in [-0.3, -0.25) is 4.79 Å². The number of carbonyl (C=O) groups is 2. The lowest BCUT2D eigenvalue weighted by molar-refractivity contribution is -0.140. The van der Waals surface area contributed by atoms with Crippen molar-refractivity contribution >= 4 is 44.3 Å². The second-order valence-corrected chi connectivity index (χ2v) is 9.72. The topological polar surface area (TPSA) is 62.4 Å². The average Bonchev–Trinajstić information content (AvgIpc) is 3.06. The number of fused-ring (bicyclic) bond motifs is 3. The third kappa shape index (κ3) is 3.97. The fraction of sp³-hybridized carbons (Fsp3) is 0.280. The number of rotatable bonds is 3. The molecule has 0 saturated heterocycles. The lowest BCUT2D eigenvalue weighted by Gasteiger charge is -2.29. The standard InChI is InChI=1S/C25H24BrFN2O3/c1-14(2)32-24(31)17-12-29(23(30)15-9-10-19(27)18(26)11-15)13-25(3,4)21-16-7-5-6-8-20(16)28-22(17)21/h5-12,14,28H,13H2,1-4H3. The van der Waals surface area contributed by atoms with E-state index in [4.69, 9.17) is 4.74 Å². The molecule has 7 heteroatoms. The van der Waals surface area contributed by atoms with Crippen molar-refractivity contribution in [2.45, 2.75) is 39.2 Å². The van der Waals surface area contributed by atoms with Gasteiger partial charge in [0, 0.05) is 34.6 Å². The minimum Gasteiger partial charge on any atom is -0.459 e. The Morgan fingerprint density at radius 3 is 2.59 bits per heavy atom. The number of halogens is 2. The van der Waals surface area contributed by atoms with Gasteiger partial charge in [0.25, 0.3) is 5.91 Å². The molecule has 1 aliphatic rings. The van der Waals surface area contributed by atoms with Crippen molar-refractivity contribution in [2.24, 2.45) is 0 Å². The number of aromatic nitrogens is 1. The van der Waals surface area contributed by atoms with Gasteiger partial charge < -0.3 is 14.6 Å². The van der Waals surface area contributed by atoms with Crippen LogP contribution in [0.1, 0.15) is 49.3 Å². The van der Waals surface area contributed by atoms with Gasteiger partial charge in [-0.15, -0.1) is 0 Å². The highest BCUT2D eigenvalue weighted by molar-refractivity contribution is 9.10. The van der Waals surface area contributed by atoms with Crippen molar-refractivity contribution in [1.82, 2.24) is 9.88 Å². The van der Waals surface area contributed by atoms with Crippen LogP contribution in [0.5, 0.6) is 0 Å². The first-order valence-corrected chi connectivity index (χ1v) is 11.2. The third-order valence-corrected chi connectivity index (χ3v) is 6.10. The number of ether oxygens (including phenoxy) is 1. The first-order chi connectivity index (χ1) is 15.1. The van der Waals surface area contributed by atoms with Crippen LogP contribution in [-0.4, -0.2) is 34.4 Å². The number of carbonyl (C=O) groups excluding carboxylic acids is 2. The molecule has 0 spiro atoms. The summed E-state index contributed by atoms with van der Waals surface area (Å²) in [6.45, 7) is 7.97. The zero-order valence-corrected chi connectivity index (χ0v) is 19.9. The Balaban J connectivity index is 1.89. The number of aromatic amines is 1. The molecule has 1 N–H and O–H groups in total. The highest BCUT2D eigenvalue weighted by atomic mass is 79.9. The normalized spacial score (nSPS) is 15.3. The number of hydrogen-bond donors (Lipinski definition) is 1. The van der Waals surface area contributed by atoms with E-state index in [0.29, 0.717) is 17.8 Å². The van der Waals surface area contributed by atoms with Gasteiger partial charge in [-0.1, -0.05) is 32.0 Å². The number of nitrogens with zero attached hydrogens (tertiary/aromatic N) is 1. The molecule has 4 rings (SSSR count). The van der Waals surface area contributed by atoms with E-state index >= 15 is 0 Å². The van der Waals surface area contributed by atoms with Crippen molar-refractivity contribution < 1.29 is 18.7 Å². The molecule has 1 aliphatic heterocycles. The number of para-hydroxylation sites is 1. The van der Waals surface area contributed by atoms with Gasteiger partial charge in [-0.05, 0) is 59.6 Å². The summed E-state index contributed by atoms with van der Waals surface area (Å²) >= 11 is 3.14. The highest BCUT2D eigenvalue weighted by Crippen LogP contribution is 2.40. The first-order valence-electron chi connectivity index (χ1n) is 10.4. The summed E-state index contributed by atoms with van der Waals surface area (Å²) in [5.74, 6) is -1.29. The quantitative estimate of drug-likeness (QED) is 0.464. The number of amides is 1. The SMILES string of the molecule is CC(C)OC(=O)C1=CN(C(=O)c2ccc(F)c(Br)c2)CC(C)(C)c2c1[nH]c1ccccc21. The van der Waals surface area contributed by atoms with Crippen LogP contribution >= 0.6 is 15.9 Å². The molecule has 0 aliphatic carbocycles. The van der Waals surface area contributed by atoms with E-state index < -0.39 is 17.2 Å². The molecule has 5 nitrogen and oxygen atoms in total. The third-order valence-electron chi connectivity index (χ3n) is 5.49. The Bertz CT molecular complexity index is 1260. The van der Waals surface area contributed by atoms with Crippen molar-refractivity contribution in [1.29, 1.82) is 0 Å². The van der Waals surface area contributed by atoms with Crippen molar-refractivity contribution in [3.05, 3.63) is 75.8 Å². The molecule has 0 atom stereocenters. The molecular weight excluding hydrogens is 475 g/mol. The van der Waals surface area contributed by atoms with Gasteiger partial charge in [-0.25, -0.2) is 9.18 Å². The summed E-state index contributed by atoms with van der Waals surface area (Å²) in [6, 6.07) is 12.0. The first kappa shape index (κ1) is 22.3. The van der Waals surface area contributed by atoms with Gasteiger partial charge in [-0.2, -0.15) is 0 Å². The molecule has 32 heavy (non-hydrogen) atoms. The van der Waals surface area contributed by atoms with Crippen LogP contribution in [0.2, 0.25) is 0 Å². The lowest BCUT2D eigenvalue weighted by atomic mass is 9.81. The van der Waals surface area contributed by atoms with Crippen LogP contribution in [0.25, 0.3) is 16.5 Å². The van der Waals surface area contributed by atoms with E-state index in [2.05, 4.69) is 20.9 Å². The molecule has 0 unspecified atom stereocenters. The summed E-state index contributed by atoms with van der Waals surface area (Å²) in [5, 5.41) is 0.995. The molecule has 1 amide bonds. The molecule has 0 bridgehead atoms. The maximum atomic E-state index is 13.7. The summed E-state index contributed by atoms with van der Waals surface area (Å²) in [4.78, 5) is 31.4. The van der Waals surface area contributed by atoms with Crippen LogP contribution in [-0.2, 0) is 14.9 Å². The fourth-order valence-electron chi connectivity index (χ4n) is 4.18. The maximum Gasteiger partial charge on any atom is 0.342 e. The number of esters is 1. The average molecular weight is 499 g/mol. The summed E-state index contributed by atoms with van der Waals surface area (Å²) in [7, 11) is 0. The molecule has 0 saturated carbocycles. The number of H-pyrrole nitrogens is 1. The fourth-order valence-corrected chi connectivity index (χ4v) is 4.55. The molecule has 0 fully saturated rings. The predicted molar refractivity (Wildman–Crippen MR) is 126 cm³/mol. The highest BCUT2D eigenvalue weighted by Gasteiger charge is 2.37. The van der Waals surface area contributed by atoms with Gasteiger partial charge in [0.1, 0.15) is 5.82 Å². The second kappa shape index (κ2) is 8.20. The molecule has 2 heterocycles. The molecule has 1 aromatic heterocycles. The molecule has 166 valence electrons. The number of hydrogen-bond acceptors (Lipinski definition) is 3. The van der Waals surface area contributed by atoms with E-state index in [0.717, 1.165) is 16.5 Å². The van der Waals surface area contributed by atoms with Crippen molar-refractivity contribution in [3.8, 4) is 0 Å². The van der Waals surface area contributed by atoms with E-state index in [-0.39, 0.29) is 22.1 Å². The van der Waals surface area contributed by atoms with E-state index in [1.807, 2.05) is 38.1 Å².